The number of benzene rings is 2. The average molecular weight is 416 g/mol. The maximum atomic E-state index is 12.8. The van der Waals surface area contributed by atoms with Crippen molar-refractivity contribution in [1.82, 2.24) is 20.1 Å². The van der Waals surface area contributed by atoms with Gasteiger partial charge in [-0.2, -0.15) is 0 Å². The summed E-state index contributed by atoms with van der Waals surface area (Å²) < 4.78 is 0. The van der Waals surface area contributed by atoms with Crippen LogP contribution in [-0.2, 0) is 0 Å². The Kier molecular flexibility index (Phi) is 8.20. The number of halogens is 1. The lowest BCUT2D eigenvalue weighted by molar-refractivity contribution is 0.0952. The summed E-state index contributed by atoms with van der Waals surface area (Å²) in [5.41, 5.74) is 3.26. The molecule has 29 heavy (non-hydrogen) atoms. The van der Waals surface area contributed by atoms with Gasteiger partial charge in [0, 0.05) is 37.0 Å². The lowest BCUT2D eigenvalue weighted by Gasteiger charge is -2.17. The van der Waals surface area contributed by atoms with E-state index < -0.39 is 0 Å². The molecule has 7 heteroatoms. The van der Waals surface area contributed by atoms with Crippen molar-refractivity contribution in [3.63, 3.8) is 0 Å². The predicted molar refractivity (Wildman–Crippen MR) is 124 cm³/mol. The Hall–Kier alpha value is -2.41. The summed E-state index contributed by atoms with van der Waals surface area (Å²) in [6.07, 6.45) is 0. The minimum absolute atomic E-state index is 0. The van der Waals surface area contributed by atoms with Crippen molar-refractivity contribution in [3.8, 4) is 0 Å². The van der Waals surface area contributed by atoms with Crippen molar-refractivity contribution >= 4 is 45.8 Å². The maximum absolute atomic E-state index is 12.8. The standard InChI is InChI=1S/C22H29N5O.ClH/c1-26(2)14-12-23-20-16-8-5-6-11-19(16)25-21-17(20)9-7-10-18(21)22(28)24-13-15-27(3)4;/h5-11H,12-15H2,1-4H3,(H,23,25)(H,24,28);1H. The first-order chi connectivity index (χ1) is 13.5. The van der Waals surface area contributed by atoms with Crippen molar-refractivity contribution in [2.45, 2.75) is 0 Å². The van der Waals surface area contributed by atoms with E-state index in [1.165, 1.54) is 0 Å². The number of para-hydroxylation sites is 2. The second-order valence-corrected chi connectivity index (χ2v) is 7.49. The average Bonchev–Trinajstić information content (AvgIpc) is 2.66. The third kappa shape index (κ3) is 5.56. The van der Waals surface area contributed by atoms with E-state index in [1.807, 2.05) is 55.4 Å². The van der Waals surface area contributed by atoms with Gasteiger partial charge in [0.15, 0.2) is 0 Å². The van der Waals surface area contributed by atoms with Crippen LogP contribution in [0.3, 0.4) is 0 Å². The molecule has 0 saturated carbocycles. The predicted octanol–water partition coefficient (Wildman–Crippen LogP) is 3.07. The smallest absolute Gasteiger partial charge is 0.253 e. The fourth-order valence-corrected chi connectivity index (χ4v) is 3.18. The number of rotatable bonds is 8. The number of fused-ring (bicyclic) bond motifs is 2. The van der Waals surface area contributed by atoms with E-state index in [0.717, 1.165) is 47.1 Å². The Morgan fingerprint density at radius 3 is 2.28 bits per heavy atom. The van der Waals surface area contributed by atoms with Gasteiger partial charge in [-0.05, 0) is 40.3 Å². The van der Waals surface area contributed by atoms with Crippen LogP contribution in [0.4, 0.5) is 5.69 Å². The summed E-state index contributed by atoms with van der Waals surface area (Å²) in [6.45, 7) is 3.13. The number of aromatic nitrogens is 1. The van der Waals surface area contributed by atoms with Gasteiger partial charge in [0.2, 0.25) is 0 Å². The monoisotopic (exact) mass is 415 g/mol. The molecular formula is C22H30ClN5O. The molecule has 0 aliphatic rings. The van der Waals surface area contributed by atoms with Gasteiger partial charge in [-0.1, -0.05) is 30.3 Å². The molecule has 1 amide bonds. The van der Waals surface area contributed by atoms with Crippen molar-refractivity contribution < 1.29 is 4.79 Å². The maximum Gasteiger partial charge on any atom is 0.253 e. The van der Waals surface area contributed by atoms with Crippen LogP contribution in [0.15, 0.2) is 42.5 Å². The van der Waals surface area contributed by atoms with Gasteiger partial charge in [0.1, 0.15) is 0 Å². The highest BCUT2D eigenvalue weighted by Crippen LogP contribution is 2.32. The quantitative estimate of drug-likeness (QED) is 0.554. The molecule has 0 bridgehead atoms. The summed E-state index contributed by atoms with van der Waals surface area (Å²) in [5, 5.41) is 8.61. The minimum Gasteiger partial charge on any atom is -0.383 e. The van der Waals surface area contributed by atoms with Crippen molar-refractivity contribution in [2.24, 2.45) is 0 Å². The number of carbonyl (C=O) groups is 1. The van der Waals surface area contributed by atoms with Crippen LogP contribution < -0.4 is 10.6 Å². The van der Waals surface area contributed by atoms with Crippen LogP contribution in [0, 0.1) is 0 Å². The Balaban J connectivity index is 0.00000300. The first kappa shape index (κ1) is 22.9. The normalized spacial score (nSPS) is 11.1. The lowest BCUT2D eigenvalue weighted by Crippen LogP contribution is -2.31. The number of hydrogen-bond donors (Lipinski definition) is 2. The Morgan fingerprint density at radius 2 is 1.55 bits per heavy atom. The molecule has 156 valence electrons. The fraction of sp³-hybridized carbons (Fsp3) is 0.364. The molecule has 6 nitrogen and oxygen atoms in total. The summed E-state index contributed by atoms with van der Waals surface area (Å²) in [7, 11) is 8.09. The van der Waals surface area contributed by atoms with Crippen molar-refractivity contribution in [1.29, 1.82) is 0 Å². The zero-order valence-electron chi connectivity index (χ0n) is 17.5. The van der Waals surface area contributed by atoms with E-state index in [9.17, 15) is 4.79 Å². The molecule has 1 heterocycles. The third-order valence-electron chi connectivity index (χ3n) is 4.66. The van der Waals surface area contributed by atoms with E-state index in [1.54, 1.807) is 0 Å². The second-order valence-electron chi connectivity index (χ2n) is 7.49. The Labute approximate surface area is 178 Å². The van der Waals surface area contributed by atoms with Gasteiger partial charge in [0.25, 0.3) is 5.91 Å². The van der Waals surface area contributed by atoms with Crippen LogP contribution in [-0.4, -0.2) is 75.1 Å². The molecule has 0 fully saturated rings. The van der Waals surface area contributed by atoms with Crippen LogP contribution in [0.5, 0.6) is 0 Å². The molecular weight excluding hydrogens is 386 g/mol. The number of amides is 1. The highest BCUT2D eigenvalue weighted by molar-refractivity contribution is 6.14. The van der Waals surface area contributed by atoms with Gasteiger partial charge < -0.3 is 20.4 Å². The number of pyridine rings is 1. The molecule has 0 saturated heterocycles. The summed E-state index contributed by atoms with van der Waals surface area (Å²) in [5.74, 6) is -0.0885. The minimum atomic E-state index is -0.0885. The molecule has 0 radical (unpaired) electrons. The Morgan fingerprint density at radius 1 is 0.897 bits per heavy atom. The number of nitrogens with zero attached hydrogens (tertiary/aromatic N) is 3. The van der Waals surface area contributed by atoms with Gasteiger partial charge in [0.05, 0.1) is 22.3 Å². The van der Waals surface area contributed by atoms with Gasteiger partial charge in [-0.15, -0.1) is 12.4 Å². The highest BCUT2D eigenvalue weighted by Gasteiger charge is 2.15. The lowest BCUT2D eigenvalue weighted by atomic mass is 10.0. The van der Waals surface area contributed by atoms with Gasteiger partial charge in [-0.3, -0.25) is 4.79 Å². The number of hydrogen-bond acceptors (Lipinski definition) is 5. The first-order valence-electron chi connectivity index (χ1n) is 9.60. The number of nitrogens with one attached hydrogen (secondary N) is 2. The zero-order valence-corrected chi connectivity index (χ0v) is 18.3. The first-order valence-corrected chi connectivity index (χ1v) is 9.60. The molecule has 2 N–H and O–H groups in total. The second kappa shape index (κ2) is 10.4. The largest absolute Gasteiger partial charge is 0.383 e. The number of likely N-dealkylation sites (N-methyl/N-ethyl adjacent to an activating group) is 2. The van der Waals surface area contributed by atoms with E-state index in [2.05, 4.69) is 35.7 Å². The highest BCUT2D eigenvalue weighted by atomic mass is 35.5. The van der Waals surface area contributed by atoms with Crippen molar-refractivity contribution in [3.05, 3.63) is 48.0 Å². The van der Waals surface area contributed by atoms with E-state index in [4.69, 9.17) is 4.98 Å². The molecule has 0 atom stereocenters. The summed E-state index contributed by atoms with van der Waals surface area (Å²) in [6, 6.07) is 13.9. The topological polar surface area (TPSA) is 60.5 Å². The van der Waals surface area contributed by atoms with Crippen LogP contribution in [0.1, 0.15) is 10.4 Å². The third-order valence-corrected chi connectivity index (χ3v) is 4.66. The van der Waals surface area contributed by atoms with Crippen LogP contribution in [0.2, 0.25) is 0 Å². The van der Waals surface area contributed by atoms with E-state index in [0.29, 0.717) is 12.1 Å². The molecule has 0 aliphatic carbocycles. The molecule has 2 aromatic carbocycles. The van der Waals surface area contributed by atoms with E-state index in [-0.39, 0.29) is 18.3 Å². The molecule has 0 spiro atoms. The molecule has 0 aliphatic heterocycles. The fourth-order valence-electron chi connectivity index (χ4n) is 3.18. The molecule has 1 aromatic heterocycles. The van der Waals surface area contributed by atoms with Crippen molar-refractivity contribution in [2.75, 3.05) is 59.7 Å². The van der Waals surface area contributed by atoms with E-state index >= 15 is 0 Å². The number of carbonyl (C=O) groups excluding carboxylic acids is 1. The zero-order chi connectivity index (χ0) is 20.1. The molecule has 3 aromatic rings. The summed E-state index contributed by atoms with van der Waals surface area (Å²) >= 11 is 0. The summed E-state index contributed by atoms with van der Waals surface area (Å²) in [4.78, 5) is 21.8. The number of anilines is 1. The molecule has 0 unspecified atom stereocenters. The van der Waals surface area contributed by atoms with Gasteiger partial charge >= 0.3 is 0 Å². The Bertz CT molecular complexity index is 974. The van der Waals surface area contributed by atoms with Crippen LogP contribution >= 0.6 is 12.4 Å². The van der Waals surface area contributed by atoms with Crippen LogP contribution in [0.25, 0.3) is 21.8 Å². The SMILES string of the molecule is CN(C)CCNC(=O)c1cccc2c(NCCN(C)C)c3ccccc3nc12.Cl. The molecule has 3 rings (SSSR count). The van der Waals surface area contributed by atoms with Gasteiger partial charge in [-0.25, -0.2) is 4.98 Å².